The van der Waals surface area contributed by atoms with Gasteiger partial charge in [-0.1, -0.05) is 0 Å². The lowest BCUT2D eigenvalue weighted by Crippen LogP contribution is -1.99. The van der Waals surface area contributed by atoms with Gasteiger partial charge < -0.3 is 5.11 Å². The fourth-order valence-electron chi connectivity index (χ4n) is 0.726. The monoisotopic (exact) mass is 290 g/mol. The molecule has 0 heterocycles. The second-order valence-electron chi connectivity index (χ2n) is 2.26. The van der Waals surface area contributed by atoms with Crippen molar-refractivity contribution in [3.05, 3.63) is 22.4 Å². The third kappa shape index (κ3) is 2.78. The number of phenols is 1. The molecule has 0 saturated heterocycles. The average molecular weight is 291 g/mol. The van der Waals surface area contributed by atoms with Gasteiger partial charge in [-0.3, -0.25) is 0 Å². The Morgan fingerprint density at radius 3 is 2.36 bits per heavy atom. The highest BCUT2D eigenvalue weighted by atomic mass is 79.9. The minimum atomic E-state index is -4.47. The van der Waals surface area contributed by atoms with Crippen LogP contribution in [0.25, 0.3) is 0 Å². The lowest BCUT2D eigenvalue weighted by molar-refractivity contribution is -0.0328. The molecule has 0 aromatic heterocycles. The first kappa shape index (κ1) is 11.6. The fourth-order valence-corrected chi connectivity index (χ4v) is 1.86. The van der Waals surface area contributed by atoms with E-state index in [0.29, 0.717) is 0 Å². The Morgan fingerprint density at radius 1 is 1.29 bits per heavy atom. The largest absolute Gasteiger partial charge is 0.504 e. The SMILES string of the molecule is Oc1c(F)ccc(SC(F)(F)F)c1Br. The van der Waals surface area contributed by atoms with Crippen LogP contribution in [0.2, 0.25) is 0 Å². The molecule has 1 aromatic carbocycles. The summed E-state index contributed by atoms with van der Waals surface area (Å²) >= 11 is 2.25. The first-order valence-corrected chi connectivity index (χ1v) is 4.85. The summed E-state index contributed by atoms with van der Waals surface area (Å²) in [6.45, 7) is 0. The molecule has 1 rings (SSSR count). The van der Waals surface area contributed by atoms with E-state index in [9.17, 15) is 17.6 Å². The summed E-state index contributed by atoms with van der Waals surface area (Å²) in [6.07, 6.45) is 0. The highest BCUT2D eigenvalue weighted by molar-refractivity contribution is 9.10. The number of hydrogen-bond donors (Lipinski definition) is 1. The van der Waals surface area contributed by atoms with Gasteiger partial charge in [0.2, 0.25) is 0 Å². The first-order valence-electron chi connectivity index (χ1n) is 3.24. The van der Waals surface area contributed by atoms with E-state index >= 15 is 0 Å². The van der Waals surface area contributed by atoms with Crippen LogP contribution in [0.1, 0.15) is 0 Å². The van der Waals surface area contributed by atoms with Crippen molar-refractivity contribution in [1.82, 2.24) is 0 Å². The van der Waals surface area contributed by atoms with Crippen LogP contribution >= 0.6 is 27.7 Å². The van der Waals surface area contributed by atoms with Crippen LogP contribution in [0.15, 0.2) is 21.5 Å². The molecule has 0 spiro atoms. The number of thioether (sulfide) groups is 1. The number of alkyl halides is 3. The summed E-state index contributed by atoms with van der Waals surface area (Å²) in [5.41, 5.74) is -4.47. The summed E-state index contributed by atoms with van der Waals surface area (Å²) in [5.74, 6) is -1.79. The molecule has 1 nitrogen and oxygen atoms in total. The van der Waals surface area contributed by atoms with Crippen molar-refractivity contribution in [1.29, 1.82) is 0 Å². The molecule has 0 bridgehead atoms. The molecule has 0 aliphatic rings. The number of hydrogen-bond acceptors (Lipinski definition) is 2. The maximum atomic E-state index is 12.6. The van der Waals surface area contributed by atoms with Crippen LogP contribution in [0.4, 0.5) is 17.6 Å². The van der Waals surface area contributed by atoms with Gasteiger partial charge in [-0.15, -0.1) is 0 Å². The third-order valence-electron chi connectivity index (χ3n) is 1.26. The standard InChI is InChI=1S/C7H3BrF4OS/c8-5-4(14-7(10,11)12)2-1-3(9)6(5)13/h1-2,13H. The molecule has 0 fully saturated rings. The van der Waals surface area contributed by atoms with E-state index < -0.39 is 28.8 Å². The average Bonchev–Trinajstić information content (AvgIpc) is 2.04. The van der Waals surface area contributed by atoms with E-state index in [-0.39, 0.29) is 9.37 Å². The Kier molecular flexibility index (Phi) is 3.31. The van der Waals surface area contributed by atoms with E-state index in [4.69, 9.17) is 5.11 Å². The maximum Gasteiger partial charge on any atom is 0.446 e. The van der Waals surface area contributed by atoms with E-state index in [1.165, 1.54) is 0 Å². The van der Waals surface area contributed by atoms with Gasteiger partial charge in [-0.25, -0.2) is 4.39 Å². The molecule has 1 N–H and O–H groups in total. The van der Waals surface area contributed by atoms with Crippen LogP contribution in [-0.2, 0) is 0 Å². The normalized spacial score (nSPS) is 11.8. The number of phenolic OH excluding ortho intramolecular Hbond substituents is 1. The topological polar surface area (TPSA) is 20.2 Å². The molecule has 7 heteroatoms. The summed E-state index contributed by atoms with van der Waals surface area (Å²) in [6, 6.07) is 1.71. The van der Waals surface area contributed by atoms with E-state index in [2.05, 4.69) is 15.9 Å². The molecule has 78 valence electrons. The van der Waals surface area contributed by atoms with Crippen molar-refractivity contribution in [3.63, 3.8) is 0 Å². The van der Waals surface area contributed by atoms with Crippen LogP contribution in [0.3, 0.4) is 0 Å². The van der Waals surface area contributed by atoms with Gasteiger partial charge in [-0.2, -0.15) is 13.2 Å². The number of benzene rings is 1. The minimum Gasteiger partial charge on any atom is -0.504 e. The van der Waals surface area contributed by atoms with Crippen molar-refractivity contribution in [2.75, 3.05) is 0 Å². The molecule has 0 aliphatic heterocycles. The third-order valence-corrected chi connectivity index (χ3v) is 3.11. The molecule has 0 radical (unpaired) electrons. The van der Waals surface area contributed by atoms with E-state index in [1.54, 1.807) is 0 Å². The quantitative estimate of drug-likeness (QED) is 0.625. The van der Waals surface area contributed by atoms with Crippen molar-refractivity contribution in [2.24, 2.45) is 0 Å². The van der Waals surface area contributed by atoms with Crippen molar-refractivity contribution >= 4 is 27.7 Å². The van der Waals surface area contributed by atoms with Crippen molar-refractivity contribution in [2.45, 2.75) is 10.4 Å². The predicted octanol–water partition coefficient (Wildman–Crippen LogP) is 3.91. The molecule has 0 unspecified atom stereocenters. The first-order chi connectivity index (χ1) is 6.31. The highest BCUT2D eigenvalue weighted by Gasteiger charge is 2.31. The van der Waals surface area contributed by atoms with Gasteiger partial charge >= 0.3 is 5.51 Å². The Labute approximate surface area is 89.2 Å². The highest BCUT2D eigenvalue weighted by Crippen LogP contribution is 2.43. The minimum absolute atomic E-state index is 0.281. The summed E-state index contributed by atoms with van der Waals surface area (Å²) < 4.78 is 48.1. The zero-order valence-corrected chi connectivity index (χ0v) is 8.80. The zero-order valence-electron chi connectivity index (χ0n) is 6.40. The van der Waals surface area contributed by atoms with Gasteiger partial charge in [0.15, 0.2) is 11.6 Å². The molecule has 0 amide bonds. The van der Waals surface area contributed by atoms with Gasteiger partial charge in [-0.05, 0) is 39.8 Å². The van der Waals surface area contributed by atoms with Gasteiger partial charge in [0.05, 0.1) is 4.47 Å². The molecule has 1 aromatic rings. The summed E-state index contributed by atoms with van der Waals surface area (Å²) in [7, 11) is 0. The maximum absolute atomic E-state index is 12.6. The fraction of sp³-hybridized carbons (Fsp3) is 0.143. The van der Waals surface area contributed by atoms with Gasteiger partial charge in [0, 0.05) is 4.90 Å². The zero-order chi connectivity index (χ0) is 10.9. The molecule has 14 heavy (non-hydrogen) atoms. The van der Waals surface area contributed by atoms with E-state index in [0.717, 1.165) is 12.1 Å². The van der Waals surface area contributed by atoms with Crippen LogP contribution in [0, 0.1) is 5.82 Å². The Morgan fingerprint density at radius 2 is 1.86 bits per heavy atom. The molecule has 0 atom stereocenters. The predicted molar refractivity (Wildman–Crippen MR) is 47.7 cm³/mol. The van der Waals surface area contributed by atoms with Crippen molar-refractivity contribution in [3.8, 4) is 5.75 Å². The lowest BCUT2D eigenvalue weighted by atomic mass is 10.3. The smallest absolute Gasteiger partial charge is 0.446 e. The second kappa shape index (κ2) is 3.98. The molecular weight excluding hydrogens is 288 g/mol. The Balaban J connectivity index is 3.06. The Hall–Kier alpha value is -0.430. The summed E-state index contributed by atoms with van der Waals surface area (Å²) in [4.78, 5) is -0.281. The number of aromatic hydroxyl groups is 1. The van der Waals surface area contributed by atoms with Crippen LogP contribution in [0.5, 0.6) is 5.75 Å². The Bertz CT molecular complexity index is 352. The number of rotatable bonds is 1. The van der Waals surface area contributed by atoms with Crippen molar-refractivity contribution < 1.29 is 22.7 Å². The number of halogens is 5. The van der Waals surface area contributed by atoms with Gasteiger partial charge in [0.1, 0.15) is 0 Å². The molecular formula is C7H3BrF4OS. The van der Waals surface area contributed by atoms with Gasteiger partial charge in [0.25, 0.3) is 0 Å². The van der Waals surface area contributed by atoms with E-state index in [1.807, 2.05) is 0 Å². The molecule has 0 aliphatic carbocycles. The lowest BCUT2D eigenvalue weighted by Gasteiger charge is -2.08. The second-order valence-corrected chi connectivity index (χ2v) is 4.16. The summed E-state index contributed by atoms with van der Waals surface area (Å²) in [5, 5.41) is 8.98. The van der Waals surface area contributed by atoms with Crippen LogP contribution < -0.4 is 0 Å². The molecule has 0 saturated carbocycles. The van der Waals surface area contributed by atoms with Crippen LogP contribution in [-0.4, -0.2) is 10.6 Å².